The molecule has 0 radical (unpaired) electrons. The van der Waals surface area contributed by atoms with Crippen LogP contribution in [0.4, 0.5) is 0 Å². The molecule has 0 saturated carbocycles. The molecule has 2 heterocycles. The molecule has 0 fully saturated rings. The number of rotatable bonds is 6. The van der Waals surface area contributed by atoms with Gasteiger partial charge in [0.25, 0.3) is 5.56 Å². The van der Waals surface area contributed by atoms with Crippen LogP contribution < -0.4 is 5.56 Å². The van der Waals surface area contributed by atoms with Crippen LogP contribution in [0, 0.1) is 0 Å². The third kappa shape index (κ3) is 4.04. The number of thiophene rings is 1. The second kappa shape index (κ2) is 8.63. The molecule has 0 saturated heterocycles. The number of benzene rings is 2. The van der Waals surface area contributed by atoms with E-state index in [1.807, 2.05) is 47.8 Å². The van der Waals surface area contributed by atoms with Crippen LogP contribution in [0.5, 0.6) is 0 Å². The van der Waals surface area contributed by atoms with Crippen LogP contribution in [-0.2, 0) is 24.3 Å². The van der Waals surface area contributed by atoms with E-state index in [9.17, 15) is 9.59 Å². The van der Waals surface area contributed by atoms with Crippen LogP contribution in [0.1, 0.15) is 18.1 Å². The van der Waals surface area contributed by atoms with Gasteiger partial charge in [0, 0.05) is 24.5 Å². The molecule has 4 rings (SSSR count). The van der Waals surface area contributed by atoms with Crippen LogP contribution in [0.25, 0.3) is 21.3 Å². The van der Waals surface area contributed by atoms with Crippen LogP contribution in [0.3, 0.4) is 0 Å². The monoisotopic (exact) mass is 417 g/mol. The summed E-state index contributed by atoms with van der Waals surface area (Å²) in [6, 6.07) is 18.0. The van der Waals surface area contributed by atoms with Crippen molar-refractivity contribution < 1.29 is 4.79 Å². The zero-order valence-corrected chi connectivity index (χ0v) is 17.9. The van der Waals surface area contributed by atoms with E-state index < -0.39 is 0 Å². The van der Waals surface area contributed by atoms with Crippen LogP contribution >= 0.6 is 11.3 Å². The minimum Gasteiger partial charge on any atom is -0.340 e. The molecule has 0 unspecified atom stereocenters. The number of amides is 1. The number of hydrogen-bond acceptors (Lipinski definition) is 4. The SMILES string of the molecule is CCc1ccc(-c2csc3ncn(CC(=O)N(C)Cc4ccccc4)c(=O)c23)cc1. The van der Waals surface area contributed by atoms with Crippen molar-refractivity contribution in [2.75, 3.05) is 7.05 Å². The fourth-order valence-corrected chi connectivity index (χ4v) is 4.33. The molecule has 2 aromatic heterocycles. The lowest BCUT2D eigenvalue weighted by molar-refractivity contribution is -0.131. The van der Waals surface area contributed by atoms with Crippen molar-refractivity contribution in [1.29, 1.82) is 0 Å². The summed E-state index contributed by atoms with van der Waals surface area (Å²) in [6.07, 6.45) is 2.44. The average Bonchev–Trinajstić information content (AvgIpc) is 3.21. The van der Waals surface area contributed by atoms with E-state index in [1.165, 1.54) is 27.8 Å². The van der Waals surface area contributed by atoms with Gasteiger partial charge in [-0.2, -0.15) is 0 Å². The van der Waals surface area contributed by atoms with Crippen LogP contribution in [0.2, 0.25) is 0 Å². The minimum absolute atomic E-state index is 0.0326. The summed E-state index contributed by atoms with van der Waals surface area (Å²) in [5.41, 5.74) is 3.97. The number of likely N-dealkylation sites (N-methyl/N-ethyl adjacent to an activating group) is 1. The highest BCUT2D eigenvalue weighted by Gasteiger charge is 2.16. The van der Waals surface area contributed by atoms with Gasteiger partial charge >= 0.3 is 0 Å². The maximum Gasteiger partial charge on any atom is 0.263 e. The second-order valence-electron chi connectivity index (χ2n) is 7.29. The van der Waals surface area contributed by atoms with Crippen molar-refractivity contribution in [1.82, 2.24) is 14.5 Å². The normalized spacial score (nSPS) is 11.0. The summed E-state index contributed by atoms with van der Waals surface area (Å²) in [7, 11) is 1.75. The highest BCUT2D eigenvalue weighted by atomic mass is 32.1. The maximum absolute atomic E-state index is 13.2. The molecular weight excluding hydrogens is 394 g/mol. The molecular formula is C24H23N3O2S. The number of carbonyl (C=O) groups is 1. The topological polar surface area (TPSA) is 55.2 Å². The summed E-state index contributed by atoms with van der Waals surface area (Å²) in [4.78, 5) is 32.6. The second-order valence-corrected chi connectivity index (χ2v) is 8.15. The smallest absolute Gasteiger partial charge is 0.263 e. The standard InChI is InChI=1S/C24H23N3O2S/c1-3-17-9-11-19(12-10-17)20-15-30-23-22(20)24(29)27(16-25-23)14-21(28)26(2)13-18-7-5-4-6-8-18/h4-12,15-16H,3,13-14H2,1-2H3. The van der Waals surface area contributed by atoms with Gasteiger partial charge in [0.1, 0.15) is 11.4 Å². The van der Waals surface area contributed by atoms with Crippen molar-refractivity contribution in [3.8, 4) is 11.1 Å². The van der Waals surface area contributed by atoms with Gasteiger partial charge in [-0.15, -0.1) is 11.3 Å². The Morgan fingerprint density at radius 3 is 2.50 bits per heavy atom. The predicted octanol–water partition coefficient (Wildman–Crippen LogP) is 4.35. The van der Waals surface area contributed by atoms with Gasteiger partial charge in [0.15, 0.2) is 0 Å². The quantitative estimate of drug-likeness (QED) is 0.469. The van der Waals surface area contributed by atoms with Gasteiger partial charge in [0.2, 0.25) is 5.91 Å². The third-order valence-corrected chi connectivity index (χ3v) is 6.11. The lowest BCUT2D eigenvalue weighted by Crippen LogP contribution is -2.33. The average molecular weight is 418 g/mol. The van der Waals surface area contributed by atoms with E-state index in [-0.39, 0.29) is 18.0 Å². The van der Waals surface area contributed by atoms with E-state index in [2.05, 4.69) is 24.0 Å². The van der Waals surface area contributed by atoms with E-state index in [1.54, 1.807) is 11.9 Å². The first kappa shape index (κ1) is 20.0. The predicted molar refractivity (Wildman–Crippen MR) is 122 cm³/mol. The number of nitrogens with zero attached hydrogens (tertiary/aromatic N) is 3. The highest BCUT2D eigenvalue weighted by Crippen LogP contribution is 2.30. The van der Waals surface area contributed by atoms with Crippen LogP contribution in [-0.4, -0.2) is 27.4 Å². The summed E-state index contributed by atoms with van der Waals surface area (Å²) >= 11 is 1.45. The van der Waals surface area contributed by atoms with Crippen LogP contribution in [0.15, 0.2) is 71.1 Å². The molecule has 0 N–H and O–H groups in total. The lowest BCUT2D eigenvalue weighted by Gasteiger charge is -2.18. The minimum atomic E-state index is -0.183. The van der Waals surface area contributed by atoms with Crippen molar-refractivity contribution in [2.24, 2.45) is 0 Å². The molecule has 0 atom stereocenters. The van der Waals surface area contributed by atoms with Crippen molar-refractivity contribution in [2.45, 2.75) is 26.4 Å². The summed E-state index contributed by atoms with van der Waals surface area (Å²) in [5.74, 6) is -0.133. The van der Waals surface area contributed by atoms with Gasteiger partial charge in [-0.05, 0) is 23.1 Å². The Bertz CT molecular complexity index is 1230. The molecule has 30 heavy (non-hydrogen) atoms. The summed E-state index contributed by atoms with van der Waals surface area (Å²) in [5, 5.41) is 2.54. The molecule has 6 heteroatoms. The molecule has 1 amide bonds. The first-order valence-corrected chi connectivity index (χ1v) is 10.8. The van der Waals surface area contributed by atoms with Gasteiger partial charge in [-0.1, -0.05) is 61.5 Å². The maximum atomic E-state index is 13.2. The molecule has 5 nitrogen and oxygen atoms in total. The number of aryl methyl sites for hydroxylation is 1. The first-order chi connectivity index (χ1) is 14.6. The number of fused-ring (bicyclic) bond motifs is 1. The fourth-order valence-electron chi connectivity index (χ4n) is 3.42. The van der Waals surface area contributed by atoms with Gasteiger partial charge < -0.3 is 4.90 Å². The third-order valence-electron chi connectivity index (χ3n) is 5.23. The zero-order valence-electron chi connectivity index (χ0n) is 17.0. The summed E-state index contributed by atoms with van der Waals surface area (Å²) < 4.78 is 1.41. The molecule has 0 aliphatic rings. The van der Waals surface area contributed by atoms with Gasteiger partial charge in [-0.25, -0.2) is 4.98 Å². The Morgan fingerprint density at radius 2 is 1.80 bits per heavy atom. The summed E-state index contributed by atoms with van der Waals surface area (Å²) in [6.45, 7) is 2.58. The number of hydrogen-bond donors (Lipinski definition) is 0. The van der Waals surface area contributed by atoms with Gasteiger partial charge in [0.05, 0.1) is 11.7 Å². The lowest BCUT2D eigenvalue weighted by atomic mass is 10.0. The Kier molecular flexibility index (Phi) is 5.77. The number of carbonyl (C=O) groups excluding carboxylic acids is 1. The Balaban J connectivity index is 1.61. The molecule has 4 aromatic rings. The molecule has 152 valence electrons. The molecule has 0 aliphatic heterocycles. The fraction of sp³-hybridized carbons (Fsp3) is 0.208. The first-order valence-electron chi connectivity index (χ1n) is 9.90. The Labute approximate surface area is 179 Å². The van der Waals surface area contributed by atoms with Gasteiger partial charge in [-0.3, -0.25) is 14.2 Å². The van der Waals surface area contributed by atoms with E-state index >= 15 is 0 Å². The van der Waals surface area contributed by atoms with E-state index in [0.717, 1.165) is 23.1 Å². The van der Waals surface area contributed by atoms with E-state index in [4.69, 9.17) is 0 Å². The number of aromatic nitrogens is 2. The van der Waals surface area contributed by atoms with Crippen molar-refractivity contribution in [3.63, 3.8) is 0 Å². The molecule has 0 bridgehead atoms. The van der Waals surface area contributed by atoms with E-state index in [0.29, 0.717) is 16.8 Å². The highest BCUT2D eigenvalue weighted by molar-refractivity contribution is 7.17. The molecule has 0 spiro atoms. The molecule has 0 aliphatic carbocycles. The Morgan fingerprint density at radius 1 is 1.07 bits per heavy atom. The van der Waals surface area contributed by atoms with Crippen molar-refractivity contribution >= 4 is 27.5 Å². The largest absolute Gasteiger partial charge is 0.340 e. The molecule has 2 aromatic carbocycles. The Hall–Kier alpha value is -3.25. The van der Waals surface area contributed by atoms with Crippen molar-refractivity contribution in [3.05, 3.63) is 87.8 Å². The zero-order chi connectivity index (χ0) is 21.1.